The number of nitrogens with zero attached hydrogens (tertiary/aromatic N) is 1. The van der Waals surface area contributed by atoms with E-state index in [-0.39, 0.29) is 5.56 Å². The Morgan fingerprint density at radius 1 is 1.22 bits per heavy atom. The van der Waals surface area contributed by atoms with Crippen LogP contribution in [0, 0.1) is 0 Å². The van der Waals surface area contributed by atoms with Gasteiger partial charge >= 0.3 is 5.97 Å². The predicted octanol–water partition coefficient (Wildman–Crippen LogP) is 3.49. The fourth-order valence-corrected chi connectivity index (χ4v) is 2.24. The van der Waals surface area contributed by atoms with E-state index in [9.17, 15) is 4.79 Å². The molecule has 92 valence electrons. The summed E-state index contributed by atoms with van der Waals surface area (Å²) in [6.45, 7) is 2.12. The summed E-state index contributed by atoms with van der Waals surface area (Å²) >= 11 is 1.52. The summed E-state index contributed by atoms with van der Waals surface area (Å²) in [7, 11) is 0. The maximum absolute atomic E-state index is 10.7. The van der Waals surface area contributed by atoms with Crippen molar-refractivity contribution in [2.24, 2.45) is 0 Å². The number of rotatable bonds is 4. The SMILES string of the molecule is CCc1ccc(Sc2ccc(C(=O)O)cn2)cc1. The standard InChI is InChI=1S/C14H13NO2S/c1-2-10-3-6-12(7-4-10)18-13-8-5-11(9-15-13)14(16)17/h3-9H,2H2,1H3,(H,16,17). The molecule has 0 aliphatic heterocycles. The number of pyridine rings is 1. The Kier molecular flexibility index (Phi) is 3.99. The summed E-state index contributed by atoms with van der Waals surface area (Å²) in [6, 6.07) is 11.6. The molecule has 0 atom stereocenters. The second-order valence-corrected chi connectivity index (χ2v) is 4.88. The molecular weight excluding hydrogens is 246 g/mol. The number of aromatic nitrogens is 1. The Morgan fingerprint density at radius 2 is 1.94 bits per heavy atom. The molecule has 18 heavy (non-hydrogen) atoms. The molecule has 1 N–H and O–H groups in total. The van der Waals surface area contributed by atoms with Crippen LogP contribution in [-0.2, 0) is 6.42 Å². The summed E-state index contributed by atoms with van der Waals surface area (Å²) in [5, 5.41) is 9.57. The number of aryl methyl sites for hydroxylation is 1. The van der Waals surface area contributed by atoms with Crippen molar-refractivity contribution in [3.63, 3.8) is 0 Å². The Morgan fingerprint density at radius 3 is 2.44 bits per heavy atom. The fourth-order valence-electron chi connectivity index (χ4n) is 1.48. The quantitative estimate of drug-likeness (QED) is 0.913. The van der Waals surface area contributed by atoms with Gasteiger partial charge in [-0.1, -0.05) is 30.8 Å². The van der Waals surface area contributed by atoms with E-state index < -0.39 is 5.97 Å². The zero-order chi connectivity index (χ0) is 13.0. The van der Waals surface area contributed by atoms with Gasteiger partial charge in [0.1, 0.15) is 5.03 Å². The predicted molar refractivity (Wildman–Crippen MR) is 71.1 cm³/mol. The molecule has 0 saturated carbocycles. The van der Waals surface area contributed by atoms with E-state index >= 15 is 0 Å². The number of aromatic carboxylic acids is 1. The van der Waals surface area contributed by atoms with Gasteiger partial charge in [-0.05, 0) is 36.2 Å². The Balaban J connectivity index is 2.10. The van der Waals surface area contributed by atoms with Crippen molar-refractivity contribution in [2.75, 3.05) is 0 Å². The largest absolute Gasteiger partial charge is 0.478 e. The van der Waals surface area contributed by atoms with E-state index in [0.717, 1.165) is 16.3 Å². The van der Waals surface area contributed by atoms with Crippen LogP contribution in [0.5, 0.6) is 0 Å². The third kappa shape index (κ3) is 3.11. The molecule has 0 aliphatic carbocycles. The number of hydrogen-bond donors (Lipinski definition) is 1. The number of carboxylic acid groups (broad SMARTS) is 1. The Bertz CT molecular complexity index is 535. The van der Waals surface area contributed by atoms with Gasteiger partial charge in [0.15, 0.2) is 0 Å². The molecule has 1 heterocycles. The van der Waals surface area contributed by atoms with Crippen LogP contribution in [0.1, 0.15) is 22.8 Å². The molecule has 0 aliphatic rings. The van der Waals surface area contributed by atoms with E-state index in [1.165, 1.54) is 23.5 Å². The highest BCUT2D eigenvalue weighted by Crippen LogP contribution is 2.26. The molecule has 0 saturated heterocycles. The van der Waals surface area contributed by atoms with Gasteiger partial charge in [-0.3, -0.25) is 0 Å². The molecule has 0 radical (unpaired) electrons. The molecule has 0 bridgehead atoms. The topological polar surface area (TPSA) is 50.2 Å². The molecule has 1 aromatic heterocycles. The number of carbonyl (C=O) groups is 1. The van der Waals surface area contributed by atoms with E-state index in [4.69, 9.17) is 5.11 Å². The van der Waals surface area contributed by atoms with Gasteiger partial charge < -0.3 is 5.11 Å². The van der Waals surface area contributed by atoms with Crippen LogP contribution in [0.3, 0.4) is 0 Å². The zero-order valence-electron chi connectivity index (χ0n) is 9.96. The van der Waals surface area contributed by atoms with Crippen LogP contribution in [0.25, 0.3) is 0 Å². The first-order valence-electron chi connectivity index (χ1n) is 5.65. The minimum absolute atomic E-state index is 0.209. The van der Waals surface area contributed by atoms with E-state index in [1.807, 2.05) is 0 Å². The normalized spacial score (nSPS) is 10.3. The molecular formula is C14H13NO2S. The average molecular weight is 259 g/mol. The summed E-state index contributed by atoms with van der Waals surface area (Å²) in [5.41, 5.74) is 1.51. The van der Waals surface area contributed by atoms with Crippen LogP contribution in [0.4, 0.5) is 0 Å². The lowest BCUT2D eigenvalue weighted by atomic mass is 10.2. The highest BCUT2D eigenvalue weighted by molar-refractivity contribution is 7.99. The van der Waals surface area contributed by atoms with Gasteiger partial charge in [0.2, 0.25) is 0 Å². The second kappa shape index (κ2) is 5.69. The molecule has 4 heteroatoms. The fraction of sp³-hybridized carbons (Fsp3) is 0.143. The van der Waals surface area contributed by atoms with E-state index in [2.05, 4.69) is 36.2 Å². The molecule has 1 aromatic carbocycles. The maximum atomic E-state index is 10.7. The first-order valence-corrected chi connectivity index (χ1v) is 6.47. The van der Waals surface area contributed by atoms with Crippen molar-refractivity contribution < 1.29 is 9.90 Å². The minimum atomic E-state index is -0.952. The van der Waals surface area contributed by atoms with Crippen molar-refractivity contribution in [2.45, 2.75) is 23.3 Å². The van der Waals surface area contributed by atoms with E-state index in [1.54, 1.807) is 12.1 Å². The number of benzene rings is 1. The smallest absolute Gasteiger partial charge is 0.337 e. The van der Waals surface area contributed by atoms with Crippen LogP contribution in [0.15, 0.2) is 52.5 Å². The zero-order valence-corrected chi connectivity index (χ0v) is 10.8. The van der Waals surface area contributed by atoms with Gasteiger partial charge in [-0.2, -0.15) is 0 Å². The minimum Gasteiger partial charge on any atom is -0.478 e. The second-order valence-electron chi connectivity index (χ2n) is 3.79. The number of carboxylic acids is 1. The van der Waals surface area contributed by atoms with Crippen LogP contribution < -0.4 is 0 Å². The molecule has 2 rings (SSSR count). The number of hydrogen-bond acceptors (Lipinski definition) is 3. The molecule has 0 unspecified atom stereocenters. The molecule has 2 aromatic rings. The maximum Gasteiger partial charge on any atom is 0.337 e. The summed E-state index contributed by atoms with van der Waals surface area (Å²) in [4.78, 5) is 15.9. The highest BCUT2D eigenvalue weighted by atomic mass is 32.2. The lowest BCUT2D eigenvalue weighted by Gasteiger charge is -2.02. The van der Waals surface area contributed by atoms with Gasteiger partial charge in [0.05, 0.1) is 5.56 Å². The first kappa shape index (κ1) is 12.6. The van der Waals surface area contributed by atoms with Crippen molar-refractivity contribution in [3.05, 3.63) is 53.7 Å². The van der Waals surface area contributed by atoms with Crippen LogP contribution >= 0.6 is 11.8 Å². The monoisotopic (exact) mass is 259 g/mol. The van der Waals surface area contributed by atoms with Crippen molar-refractivity contribution in [3.8, 4) is 0 Å². The summed E-state index contributed by atoms with van der Waals surface area (Å²) in [5.74, 6) is -0.952. The van der Waals surface area contributed by atoms with Gasteiger partial charge in [-0.15, -0.1) is 0 Å². The Labute approximate surface area is 110 Å². The first-order chi connectivity index (χ1) is 8.69. The van der Waals surface area contributed by atoms with Crippen molar-refractivity contribution in [1.82, 2.24) is 4.98 Å². The highest BCUT2D eigenvalue weighted by Gasteiger charge is 2.04. The molecule has 0 spiro atoms. The third-order valence-electron chi connectivity index (χ3n) is 2.54. The molecule has 0 fully saturated rings. The third-order valence-corrected chi connectivity index (χ3v) is 3.50. The van der Waals surface area contributed by atoms with E-state index in [0.29, 0.717) is 0 Å². The van der Waals surface area contributed by atoms with Crippen LogP contribution in [-0.4, -0.2) is 16.1 Å². The van der Waals surface area contributed by atoms with Crippen molar-refractivity contribution >= 4 is 17.7 Å². The van der Waals surface area contributed by atoms with Crippen LogP contribution in [0.2, 0.25) is 0 Å². The lowest BCUT2D eigenvalue weighted by Crippen LogP contribution is -1.96. The molecule has 0 amide bonds. The lowest BCUT2D eigenvalue weighted by molar-refractivity contribution is 0.0696. The van der Waals surface area contributed by atoms with Gasteiger partial charge in [0, 0.05) is 11.1 Å². The Hall–Kier alpha value is -1.81. The summed E-state index contributed by atoms with van der Waals surface area (Å²) in [6.07, 6.45) is 2.40. The van der Waals surface area contributed by atoms with Gasteiger partial charge in [0.25, 0.3) is 0 Å². The van der Waals surface area contributed by atoms with Crippen molar-refractivity contribution in [1.29, 1.82) is 0 Å². The average Bonchev–Trinajstić information content (AvgIpc) is 2.40. The molecule has 3 nitrogen and oxygen atoms in total. The summed E-state index contributed by atoms with van der Waals surface area (Å²) < 4.78 is 0. The van der Waals surface area contributed by atoms with Gasteiger partial charge in [-0.25, -0.2) is 9.78 Å².